The summed E-state index contributed by atoms with van der Waals surface area (Å²) in [6.45, 7) is 1.05. The van der Waals surface area contributed by atoms with Crippen molar-refractivity contribution in [2.75, 3.05) is 0 Å². The van der Waals surface area contributed by atoms with Gasteiger partial charge in [0.25, 0.3) is 0 Å². The van der Waals surface area contributed by atoms with E-state index in [4.69, 9.17) is 0 Å². The lowest BCUT2D eigenvalue weighted by atomic mass is 9.75. The van der Waals surface area contributed by atoms with Gasteiger partial charge in [-0.15, -0.1) is 0 Å². The highest BCUT2D eigenvalue weighted by Crippen LogP contribution is 2.39. The molecule has 0 amide bonds. The maximum Gasteiger partial charge on any atom is 0.112 e. The lowest BCUT2D eigenvalue weighted by Crippen LogP contribution is -2.22. The van der Waals surface area contributed by atoms with Crippen molar-refractivity contribution in [3.8, 4) is 11.3 Å². The van der Waals surface area contributed by atoms with E-state index in [1.165, 1.54) is 31.2 Å². The molecule has 1 fully saturated rings. The third-order valence-electron chi connectivity index (χ3n) is 4.94. The summed E-state index contributed by atoms with van der Waals surface area (Å²) in [6, 6.07) is 8.80. The highest BCUT2D eigenvalue weighted by atomic mass is 15.3. The van der Waals surface area contributed by atoms with Crippen molar-refractivity contribution >= 4 is 0 Å². The highest BCUT2D eigenvalue weighted by molar-refractivity contribution is 5.58. The van der Waals surface area contributed by atoms with E-state index in [0.717, 1.165) is 17.8 Å². The number of aromatic nitrogens is 5. The lowest BCUT2D eigenvalue weighted by molar-refractivity contribution is 0.274. The van der Waals surface area contributed by atoms with E-state index in [-0.39, 0.29) is 0 Å². The molecule has 1 aliphatic carbocycles. The molecule has 1 saturated carbocycles. The van der Waals surface area contributed by atoms with Crippen LogP contribution in [0.5, 0.6) is 0 Å². The van der Waals surface area contributed by atoms with Gasteiger partial charge in [0.2, 0.25) is 0 Å². The zero-order valence-electron chi connectivity index (χ0n) is 13.1. The Kier molecular flexibility index (Phi) is 3.92. The number of nitrogens with one attached hydrogen (secondary N) is 1. The predicted molar refractivity (Wildman–Crippen MR) is 88.7 cm³/mol. The fourth-order valence-electron chi connectivity index (χ4n) is 3.80. The molecule has 2 aromatic heterocycles. The average Bonchev–Trinajstić information content (AvgIpc) is 3.29. The number of imidazole rings is 1. The maximum absolute atomic E-state index is 4.20. The van der Waals surface area contributed by atoms with Crippen LogP contribution < -0.4 is 0 Å². The van der Waals surface area contributed by atoms with Crippen molar-refractivity contribution in [1.82, 2.24) is 25.0 Å². The van der Waals surface area contributed by atoms with Gasteiger partial charge in [0, 0.05) is 24.5 Å². The molecule has 2 heterocycles. The van der Waals surface area contributed by atoms with Gasteiger partial charge in [0.05, 0.1) is 12.5 Å². The first-order chi connectivity index (χ1) is 11.4. The van der Waals surface area contributed by atoms with Crippen LogP contribution >= 0.6 is 0 Å². The van der Waals surface area contributed by atoms with Gasteiger partial charge in [-0.1, -0.05) is 31.0 Å². The number of hydrogen-bond acceptors (Lipinski definition) is 3. The molecule has 5 heteroatoms. The first-order valence-electron chi connectivity index (χ1n) is 8.32. The Morgan fingerprint density at radius 3 is 3.00 bits per heavy atom. The lowest BCUT2D eigenvalue weighted by Gasteiger charge is -2.32. The van der Waals surface area contributed by atoms with Crippen molar-refractivity contribution in [3.05, 3.63) is 54.7 Å². The summed E-state index contributed by atoms with van der Waals surface area (Å²) >= 11 is 0. The van der Waals surface area contributed by atoms with Gasteiger partial charge >= 0.3 is 0 Å². The van der Waals surface area contributed by atoms with Crippen molar-refractivity contribution < 1.29 is 0 Å². The molecule has 0 aliphatic heterocycles. The van der Waals surface area contributed by atoms with Gasteiger partial charge in [0.1, 0.15) is 5.69 Å². The maximum atomic E-state index is 4.20. The van der Waals surface area contributed by atoms with Crippen LogP contribution in [0.2, 0.25) is 0 Å². The molecule has 4 rings (SSSR count). The summed E-state index contributed by atoms with van der Waals surface area (Å²) in [4.78, 5) is 4.18. The molecule has 2 atom stereocenters. The predicted octanol–water partition coefficient (Wildman–Crippen LogP) is 3.64. The summed E-state index contributed by atoms with van der Waals surface area (Å²) in [6.07, 6.45) is 12.8. The zero-order valence-corrected chi connectivity index (χ0v) is 13.1. The molecule has 23 heavy (non-hydrogen) atoms. The smallest absolute Gasteiger partial charge is 0.112 e. The molecule has 1 N–H and O–H groups in total. The molecular weight excluding hydrogens is 286 g/mol. The second-order valence-corrected chi connectivity index (χ2v) is 6.39. The standard InChI is InChI=1S/C18H21N5/c1-2-7-17(16(4-1)12-23-9-8-19-13-23)14-5-3-6-15(10-14)18-11-20-22-21-18/h3,5-6,8-11,13,16-17H,1-2,4,7,12H2,(H,20,21,22). The minimum atomic E-state index is 0.609. The number of rotatable bonds is 4. The summed E-state index contributed by atoms with van der Waals surface area (Å²) in [7, 11) is 0. The van der Waals surface area contributed by atoms with Crippen LogP contribution in [0, 0.1) is 5.92 Å². The molecule has 0 spiro atoms. The Morgan fingerprint density at radius 1 is 1.22 bits per heavy atom. The molecule has 5 nitrogen and oxygen atoms in total. The molecule has 118 valence electrons. The second-order valence-electron chi connectivity index (χ2n) is 6.39. The molecule has 0 radical (unpaired) electrons. The van der Waals surface area contributed by atoms with Crippen LogP contribution in [0.25, 0.3) is 11.3 Å². The third kappa shape index (κ3) is 3.04. The van der Waals surface area contributed by atoms with E-state index < -0.39 is 0 Å². The Balaban J connectivity index is 1.60. The van der Waals surface area contributed by atoms with Crippen LogP contribution in [0.3, 0.4) is 0 Å². The van der Waals surface area contributed by atoms with Gasteiger partial charge in [0.15, 0.2) is 0 Å². The number of aromatic amines is 1. The normalized spacial score (nSPS) is 21.4. The molecular formula is C18H21N5. The fourth-order valence-corrected chi connectivity index (χ4v) is 3.80. The molecule has 2 unspecified atom stereocenters. The van der Waals surface area contributed by atoms with Crippen LogP contribution in [0.4, 0.5) is 0 Å². The van der Waals surface area contributed by atoms with Crippen LogP contribution in [-0.2, 0) is 6.54 Å². The largest absolute Gasteiger partial charge is 0.337 e. The van der Waals surface area contributed by atoms with E-state index in [1.54, 1.807) is 6.20 Å². The number of hydrogen-bond donors (Lipinski definition) is 1. The minimum absolute atomic E-state index is 0.609. The minimum Gasteiger partial charge on any atom is -0.337 e. The first-order valence-corrected chi connectivity index (χ1v) is 8.32. The SMILES string of the molecule is c1cc(-c2cn[nH]n2)cc(C2CCCCC2Cn2ccnc2)c1. The molecule has 1 aliphatic rings. The Bertz CT molecular complexity index is 733. The van der Waals surface area contributed by atoms with Crippen molar-refractivity contribution in [3.63, 3.8) is 0 Å². The Morgan fingerprint density at radius 2 is 2.17 bits per heavy atom. The quantitative estimate of drug-likeness (QED) is 0.800. The first kappa shape index (κ1) is 14.2. The topological polar surface area (TPSA) is 59.4 Å². The van der Waals surface area contributed by atoms with Crippen LogP contribution in [0.1, 0.15) is 37.2 Å². The van der Waals surface area contributed by atoms with Crippen molar-refractivity contribution in [2.24, 2.45) is 5.92 Å². The third-order valence-corrected chi connectivity index (χ3v) is 4.94. The number of nitrogens with zero attached hydrogens (tertiary/aromatic N) is 4. The number of H-pyrrole nitrogens is 1. The van der Waals surface area contributed by atoms with Gasteiger partial charge < -0.3 is 4.57 Å². The zero-order chi connectivity index (χ0) is 15.5. The van der Waals surface area contributed by atoms with Gasteiger partial charge in [-0.25, -0.2) is 4.98 Å². The molecule has 0 saturated heterocycles. The second kappa shape index (κ2) is 6.36. The van der Waals surface area contributed by atoms with Crippen LogP contribution in [-0.4, -0.2) is 25.0 Å². The van der Waals surface area contributed by atoms with Gasteiger partial charge in [-0.05, 0) is 36.3 Å². The van der Waals surface area contributed by atoms with E-state index in [9.17, 15) is 0 Å². The molecule has 3 aromatic rings. The van der Waals surface area contributed by atoms with Crippen LogP contribution in [0.15, 0.2) is 49.2 Å². The fraction of sp³-hybridized carbons (Fsp3) is 0.389. The van der Waals surface area contributed by atoms with Crippen molar-refractivity contribution in [1.29, 1.82) is 0 Å². The highest BCUT2D eigenvalue weighted by Gasteiger charge is 2.27. The summed E-state index contributed by atoms with van der Waals surface area (Å²) < 4.78 is 2.21. The van der Waals surface area contributed by atoms with E-state index >= 15 is 0 Å². The monoisotopic (exact) mass is 307 g/mol. The van der Waals surface area contributed by atoms with Crippen molar-refractivity contribution in [2.45, 2.75) is 38.1 Å². The van der Waals surface area contributed by atoms with Gasteiger partial charge in [-0.3, -0.25) is 0 Å². The van der Waals surface area contributed by atoms with Gasteiger partial charge in [-0.2, -0.15) is 15.4 Å². The molecule has 0 bridgehead atoms. The summed E-state index contributed by atoms with van der Waals surface area (Å²) in [5, 5.41) is 10.8. The Hall–Kier alpha value is -2.43. The number of benzene rings is 1. The van der Waals surface area contributed by atoms with E-state index in [0.29, 0.717) is 11.8 Å². The Labute approximate surface area is 135 Å². The average molecular weight is 307 g/mol. The molecule has 1 aromatic carbocycles. The summed E-state index contributed by atoms with van der Waals surface area (Å²) in [5.41, 5.74) is 3.48. The summed E-state index contributed by atoms with van der Waals surface area (Å²) in [5.74, 6) is 1.28. The van der Waals surface area contributed by atoms with E-state index in [1.807, 2.05) is 12.5 Å². The van der Waals surface area contributed by atoms with E-state index in [2.05, 4.69) is 55.4 Å².